The highest BCUT2D eigenvalue weighted by atomic mass is 79.9. The number of anilines is 1. The molecule has 0 heterocycles. The Bertz CT molecular complexity index is 590. The van der Waals surface area contributed by atoms with Gasteiger partial charge in [-0.05, 0) is 47.7 Å². The first-order valence-corrected chi connectivity index (χ1v) is 7.61. The molecule has 8 heteroatoms. The van der Waals surface area contributed by atoms with Gasteiger partial charge in [-0.25, -0.2) is 13.6 Å². The Kier molecular flexibility index (Phi) is 5.33. The number of carboxylic acids is 1. The van der Waals surface area contributed by atoms with Gasteiger partial charge in [0.05, 0.1) is 16.1 Å². The quantitative estimate of drug-likeness (QED) is 0.706. The van der Waals surface area contributed by atoms with Crippen LogP contribution in [0.1, 0.15) is 25.7 Å². The van der Waals surface area contributed by atoms with E-state index in [9.17, 15) is 18.4 Å². The van der Waals surface area contributed by atoms with Gasteiger partial charge in [0.25, 0.3) is 0 Å². The number of aliphatic carboxylic acids is 1. The van der Waals surface area contributed by atoms with Gasteiger partial charge in [0.1, 0.15) is 5.82 Å². The van der Waals surface area contributed by atoms with Crippen molar-refractivity contribution in [3.63, 3.8) is 0 Å². The van der Waals surface area contributed by atoms with E-state index in [4.69, 9.17) is 5.11 Å². The Morgan fingerprint density at radius 1 is 1.18 bits per heavy atom. The molecular formula is C14H15BrF2N2O3. The van der Waals surface area contributed by atoms with Crippen LogP contribution in [0.3, 0.4) is 0 Å². The topological polar surface area (TPSA) is 78.4 Å². The molecule has 0 aromatic heterocycles. The third-order valence-electron chi connectivity index (χ3n) is 3.65. The van der Waals surface area contributed by atoms with E-state index in [1.165, 1.54) is 0 Å². The van der Waals surface area contributed by atoms with E-state index < -0.39 is 23.6 Å². The lowest BCUT2D eigenvalue weighted by Crippen LogP contribution is -2.41. The molecule has 0 spiro atoms. The number of hydrogen-bond donors (Lipinski definition) is 3. The summed E-state index contributed by atoms with van der Waals surface area (Å²) in [5.41, 5.74) is -0.261. The number of carbonyl (C=O) groups excluding carboxylic acids is 1. The lowest BCUT2D eigenvalue weighted by atomic mass is 9.86. The molecule has 0 aliphatic heterocycles. The first-order valence-electron chi connectivity index (χ1n) is 6.81. The normalized spacial score (nSPS) is 21.2. The van der Waals surface area contributed by atoms with Crippen LogP contribution in [0.15, 0.2) is 16.6 Å². The molecule has 2 rings (SSSR count). The van der Waals surface area contributed by atoms with E-state index >= 15 is 0 Å². The first kappa shape index (κ1) is 16.7. The van der Waals surface area contributed by atoms with Crippen LogP contribution >= 0.6 is 15.9 Å². The molecule has 0 radical (unpaired) electrons. The minimum atomic E-state index is -0.824. The van der Waals surface area contributed by atoms with Crippen molar-refractivity contribution >= 4 is 33.6 Å². The summed E-state index contributed by atoms with van der Waals surface area (Å²) in [6.45, 7) is 0. The number of amides is 2. The molecule has 120 valence electrons. The number of hydrogen-bond acceptors (Lipinski definition) is 2. The summed E-state index contributed by atoms with van der Waals surface area (Å²) in [7, 11) is 0. The van der Waals surface area contributed by atoms with Crippen LogP contribution in [0.2, 0.25) is 0 Å². The van der Waals surface area contributed by atoms with Gasteiger partial charge >= 0.3 is 12.0 Å². The second kappa shape index (κ2) is 7.04. The summed E-state index contributed by atoms with van der Waals surface area (Å²) in [6, 6.07) is 1.04. The molecule has 0 saturated heterocycles. The maximum absolute atomic E-state index is 13.7. The van der Waals surface area contributed by atoms with Gasteiger partial charge in [0.2, 0.25) is 0 Å². The monoisotopic (exact) mass is 376 g/mol. The molecule has 0 atom stereocenters. The van der Waals surface area contributed by atoms with Crippen LogP contribution in [0.5, 0.6) is 0 Å². The van der Waals surface area contributed by atoms with Crippen molar-refractivity contribution in [2.45, 2.75) is 31.7 Å². The highest BCUT2D eigenvalue weighted by Crippen LogP contribution is 2.26. The average molecular weight is 377 g/mol. The molecular weight excluding hydrogens is 362 g/mol. The molecule has 1 aliphatic rings. The number of nitrogens with one attached hydrogen (secondary N) is 2. The average Bonchev–Trinajstić information content (AvgIpc) is 2.44. The Morgan fingerprint density at radius 3 is 2.41 bits per heavy atom. The summed E-state index contributed by atoms with van der Waals surface area (Å²) in [5.74, 6) is -2.64. The van der Waals surface area contributed by atoms with Crippen LogP contribution in [0.25, 0.3) is 0 Å². The van der Waals surface area contributed by atoms with Crippen molar-refractivity contribution in [3.05, 3.63) is 28.2 Å². The number of carbonyl (C=O) groups is 2. The molecule has 5 nitrogen and oxygen atoms in total. The zero-order valence-corrected chi connectivity index (χ0v) is 13.1. The van der Waals surface area contributed by atoms with Gasteiger partial charge in [0, 0.05) is 12.1 Å². The lowest BCUT2D eigenvalue weighted by Gasteiger charge is -2.26. The molecule has 1 aliphatic carbocycles. The number of urea groups is 1. The van der Waals surface area contributed by atoms with Crippen molar-refractivity contribution in [1.29, 1.82) is 0 Å². The van der Waals surface area contributed by atoms with E-state index in [-0.39, 0.29) is 22.1 Å². The second-order valence-electron chi connectivity index (χ2n) is 5.23. The van der Waals surface area contributed by atoms with Gasteiger partial charge in [-0.3, -0.25) is 4.79 Å². The molecule has 3 N–H and O–H groups in total. The van der Waals surface area contributed by atoms with Gasteiger partial charge in [0.15, 0.2) is 5.82 Å². The molecule has 1 aromatic carbocycles. The SMILES string of the molecule is O=C(Nc1cc(F)cc(Br)c1F)NC1CCC(C(=O)O)CC1. The molecule has 1 saturated carbocycles. The van der Waals surface area contributed by atoms with E-state index in [0.717, 1.165) is 12.1 Å². The van der Waals surface area contributed by atoms with E-state index in [0.29, 0.717) is 25.7 Å². The number of rotatable bonds is 3. The van der Waals surface area contributed by atoms with Crippen LogP contribution in [-0.4, -0.2) is 23.1 Å². The Hall–Kier alpha value is -1.70. The van der Waals surface area contributed by atoms with Crippen LogP contribution in [0.4, 0.5) is 19.3 Å². The van der Waals surface area contributed by atoms with Crippen LogP contribution in [0, 0.1) is 17.6 Å². The van der Waals surface area contributed by atoms with Crippen LogP contribution < -0.4 is 10.6 Å². The second-order valence-corrected chi connectivity index (χ2v) is 6.09. The standard InChI is InChI=1S/C14H15BrF2N2O3/c15-10-5-8(16)6-11(12(10)17)19-14(22)18-9-3-1-7(2-4-9)13(20)21/h5-7,9H,1-4H2,(H,20,21)(H2,18,19,22). The Morgan fingerprint density at radius 2 is 1.82 bits per heavy atom. The third kappa shape index (κ3) is 4.16. The van der Waals surface area contributed by atoms with E-state index in [1.54, 1.807) is 0 Å². The molecule has 1 fully saturated rings. The predicted molar refractivity (Wildman–Crippen MR) is 79.6 cm³/mol. The highest BCUT2D eigenvalue weighted by Gasteiger charge is 2.26. The van der Waals surface area contributed by atoms with Gasteiger partial charge in [-0.1, -0.05) is 0 Å². The fourth-order valence-corrected chi connectivity index (χ4v) is 2.91. The van der Waals surface area contributed by atoms with Crippen molar-refractivity contribution in [2.75, 3.05) is 5.32 Å². The van der Waals surface area contributed by atoms with Crippen molar-refractivity contribution in [1.82, 2.24) is 5.32 Å². The Balaban J connectivity index is 1.90. The van der Waals surface area contributed by atoms with Crippen molar-refractivity contribution in [3.8, 4) is 0 Å². The smallest absolute Gasteiger partial charge is 0.319 e. The molecule has 1 aromatic rings. The number of carboxylic acid groups (broad SMARTS) is 1. The molecule has 2 amide bonds. The molecule has 0 bridgehead atoms. The predicted octanol–water partition coefficient (Wildman–Crippen LogP) is 3.49. The maximum atomic E-state index is 13.7. The summed E-state index contributed by atoms with van der Waals surface area (Å²) >= 11 is 2.86. The Labute approximate surface area is 134 Å². The minimum Gasteiger partial charge on any atom is -0.481 e. The fraction of sp³-hybridized carbons (Fsp3) is 0.429. The maximum Gasteiger partial charge on any atom is 0.319 e. The zero-order chi connectivity index (χ0) is 16.3. The summed E-state index contributed by atoms with van der Waals surface area (Å²) in [4.78, 5) is 22.7. The number of benzene rings is 1. The number of halogens is 3. The highest BCUT2D eigenvalue weighted by molar-refractivity contribution is 9.10. The molecule has 0 unspecified atom stereocenters. The summed E-state index contributed by atoms with van der Waals surface area (Å²) < 4.78 is 26.9. The summed E-state index contributed by atoms with van der Waals surface area (Å²) in [6.07, 6.45) is 2.06. The van der Waals surface area contributed by atoms with E-state index in [2.05, 4.69) is 26.6 Å². The van der Waals surface area contributed by atoms with Crippen LogP contribution in [-0.2, 0) is 4.79 Å². The van der Waals surface area contributed by atoms with E-state index in [1.807, 2.05) is 0 Å². The minimum absolute atomic E-state index is 0.0789. The molecule has 22 heavy (non-hydrogen) atoms. The largest absolute Gasteiger partial charge is 0.481 e. The fourth-order valence-electron chi connectivity index (χ4n) is 2.48. The lowest BCUT2D eigenvalue weighted by molar-refractivity contribution is -0.142. The first-order chi connectivity index (χ1) is 10.4. The van der Waals surface area contributed by atoms with Crippen molar-refractivity contribution < 1.29 is 23.5 Å². The third-order valence-corrected chi connectivity index (χ3v) is 4.23. The van der Waals surface area contributed by atoms with Crippen molar-refractivity contribution in [2.24, 2.45) is 5.92 Å². The van der Waals surface area contributed by atoms with Gasteiger partial charge in [-0.2, -0.15) is 0 Å². The zero-order valence-electron chi connectivity index (χ0n) is 11.5. The van der Waals surface area contributed by atoms with Gasteiger partial charge in [-0.15, -0.1) is 0 Å². The summed E-state index contributed by atoms with van der Waals surface area (Å²) in [5, 5.41) is 13.8. The van der Waals surface area contributed by atoms with Gasteiger partial charge < -0.3 is 15.7 Å².